The number of amides is 1. The maximum atomic E-state index is 12.3. The monoisotopic (exact) mass is 320 g/mol. The van der Waals surface area contributed by atoms with Crippen molar-refractivity contribution in [2.24, 2.45) is 0 Å². The normalized spacial score (nSPS) is 10.4. The van der Waals surface area contributed by atoms with E-state index in [4.69, 9.17) is 22.1 Å². The molecule has 22 heavy (non-hydrogen) atoms. The molecule has 1 aromatic carbocycles. The lowest BCUT2D eigenvalue weighted by atomic mass is 10.1. The highest BCUT2D eigenvalue weighted by Gasteiger charge is 2.20. The Bertz CT molecular complexity index is 704. The van der Waals surface area contributed by atoms with Crippen molar-refractivity contribution in [3.63, 3.8) is 0 Å². The van der Waals surface area contributed by atoms with Gasteiger partial charge in [0.05, 0.1) is 22.0 Å². The van der Waals surface area contributed by atoms with E-state index < -0.39 is 0 Å². The highest BCUT2D eigenvalue weighted by Crippen LogP contribution is 2.25. The van der Waals surface area contributed by atoms with Crippen LogP contribution in [0.1, 0.15) is 21.7 Å². The molecule has 0 saturated heterocycles. The Morgan fingerprint density at radius 3 is 2.64 bits per heavy atom. The lowest BCUT2D eigenvalue weighted by molar-refractivity contribution is 0.0823. The fourth-order valence-corrected chi connectivity index (χ4v) is 2.16. The molecule has 1 amide bonds. The molecule has 2 rings (SSSR count). The number of aryl methyl sites for hydroxylation is 1. The SMILES string of the molecule is Cc1nc(N)nc(COc2ccccc2Cl)c1C(=O)N(C)C. The van der Waals surface area contributed by atoms with Gasteiger partial charge in [0, 0.05) is 14.1 Å². The molecule has 6 nitrogen and oxygen atoms in total. The van der Waals surface area contributed by atoms with E-state index >= 15 is 0 Å². The largest absolute Gasteiger partial charge is 0.486 e. The van der Waals surface area contributed by atoms with Gasteiger partial charge in [0.15, 0.2) is 0 Å². The van der Waals surface area contributed by atoms with Crippen molar-refractivity contribution >= 4 is 23.5 Å². The van der Waals surface area contributed by atoms with Gasteiger partial charge >= 0.3 is 0 Å². The third kappa shape index (κ3) is 3.46. The minimum absolute atomic E-state index is 0.0756. The molecule has 0 atom stereocenters. The second kappa shape index (κ2) is 6.62. The maximum absolute atomic E-state index is 12.3. The van der Waals surface area contributed by atoms with Crippen LogP contribution in [0.25, 0.3) is 0 Å². The third-order valence-electron chi connectivity index (χ3n) is 3.00. The van der Waals surface area contributed by atoms with Crippen LogP contribution in [-0.4, -0.2) is 34.9 Å². The summed E-state index contributed by atoms with van der Waals surface area (Å²) < 4.78 is 5.65. The van der Waals surface area contributed by atoms with Crippen LogP contribution in [0, 0.1) is 6.92 Å². The van der Waals surface area contributed by atoms with Gasteiger partial charge in [-0.2, -0.15) is 0 Å². The smallest absolute Gasteiger partial charge is 0.257 e. The van der Waals surface area contributed by atoms with E-state index in [0.29, 0.717) is 27.7 Å². The molecule has 116 valence electrons. The Balaban J connectivity index is 2.34. The summed E-state index contributed by atoms with van der Waals surface area (Å²) in [5.41, 5.74) is 7.02. The van der Waals surface area contributed by atoms with Gasteiger partial charge in [-0.25, -0.2) is 9.97 Å². The Kier molecular flexibility index (Phi) is 4.82. The fourth-order valence-electron chi connectivity index (χ4n) is 1.97. The molecule has 0 aliphatic heterocycles. The van der Waals surface area contributed by atoms with Crippen molar-refractivity contribution < 1.29 is 9.53 Å². The zero-order chi connectivity index (χ0) is 16.3. The number of nitrogen functional groups attached to an aromatic ring is 1. The first-order valence-electron chi connectivity index (χ1n) is 6.62. The van der Waals surface area contributed by atoms with Crippen molar-refractivity contribution in [1.82, 2.24) is 14.9 Å². The van der Waals surface area contributed by atoms with Crippen molar-refractivity contribution in [2.45, 2.75) is 13.5 Å². The Morgan fingerprint density at radius 2 is 2.00 bits per heavy atom. The second-order valence-electron chi connectivity index (χ2n) is 4.91. The first-order chi connectivity index (χ1) is 10.4. The number of rotatable bonds is 4. The predicted octanol–water partition coefficient (Wildman–Crippen LogP) is 2.30. The van der Waals surface area contributed by atoms with Crippen LogP contribution in [0.15, 0.2) is 24.3 Å². The molecule has 0 unspecified atom stereocenters. The summed E-state index contributed by atoms with van der Waals surface area (Å²) in [6, 6.07) is 7.09. The maximum Gasteiger partial charge on any atom is 0.257 e. The van der Waals surface area contributed by atoms with Crippen LogP contribution >= 0.6 is 11.6 Å². The van der Waals surface area contributed by atoms with E-state index in [9.17, 15) is 4.79 Å². The molecule has 1 aromatic heterocycles. The molecule has 1 heterocycles. The van der Waals surface area contributed by atoms with Gasteiger partial charge < -0.3 is 15.4 Å². The van der Waals surface area contributed by atoms with E-state index in [0.717, 1.165) is 0 Å². The highest BCUT2D eigenvalue weighted by molar-refractivity contribution is 6.32. The number of aromatic nitrogens is 2. The molecule has 0 aliphatic rings. The van der Waals surface area contributed by atoms with Crippen molar-refractivity contribution in [2.75, 3.05) is 19.8 Å². The van der Waals surface area contributed by atoms with Crippen molar-refractivity contribution in [3.05, 3.63) is 46.2 Å². The molecule has 0 aliphatic carbocycles. The number of carbonyl (C=O) groups excluding carboxylic acids is 1. The topological polar surface area (TPSA) is 81.3 Å². The van der Waals surface area contributed by atoms with E-state index in [-0.39, 0.29) is 18.5 Å². The first kappa shape index (κ1) is 16.0. The number of hydrogen-bond acceptors (Lipinski definition) is 5. The van der Waals surface area contributed by atoms with Gasteiger partial charge in [-0.3, -0.25) is 4.79 Å². The van der Waals surface area contributed by atoms with Crippen LogP contribution in [0.3, 0.4) is 0 Å². The van der Waals surface area contributed by atoms with E-state index in [1.165, 1.54) is 4.90 Å². The van der Waals surface area contributed by atoms with Gasteiger partial charge in [-0.05, 0) is 19.1 Å². The molecular formula is C15H17ClN4O2. The Hall–Kier alpha value is -2.34. The molecule has 0 fully saturated rings. The molecule has 0 spiro atoms. The average molecular weight is 321 g/mol. The number of benzene rings is 1. The molecule has 0 saturated carbocycles. The summed E-state index contributed by atoms with van der Waals surface area (Å²) in [7, 11) is 3.33. The zero-order valence-corrected chi connectivity index (χ0v) is 13.4. The van der Waals surface area contributed by atoms with Gasteiger partial charge in [0.1, 0.15) is 12.4 Å². The summed E-state index contributed by atoms with van der Waals surface area (Å²) in [5.74, 6) is 0.420. The van der Waals surface area contributed by atoms with Crippen LogP contribution in [-0.2, 0) is 6.61 Å². The van der Waals surface area contributed by atoms with E-state index in [2.05, 4.69) is 9.97 Å². The molecule has 2 aromatic rings. The molecular weight excluding hydrogens is 304 g/mol. The third-order valence-corrected chi connectivity index (χ3v) is 3.32. The van der Waals surface area contributed by atoms with Crippen LogP contribution in [0.2, 0.25) is 5.02 Å². The number of hydrogen-bond donors (Lipinski definition) is 1. The van der Waals surface area contributed by atoms with E-state index in [1.807, 2.05) is 12.1 Å². The quantitative estimate of drug-likeness (QED) is 0.934. The summed E-state index contributed by atoms with van der Waals surface area (Å²) in [4.78, 5) is 21.9. The molecule has 2 N–H and O–H groups in total. The van der Waals surface area contributed by atoms with Crippen molar-refractivity contribution in [3.8, 4) is 5.75 Å². The number of para-hydroxylation sites is 1. The van der Waals surface area contributed by atoms with Gasteiger partial charge in [0.25, 0.3) is 5.91 Å². The standard InChI is InChI=1S/C15H17ClN4O2/c1-9-13(14(21)20(2)3)11(19-15(17)18-9)8-22-12-7-5-4-6-10(12)16/h4-7H,8H2,1-3H3,(H2,17,18,19). The molecule has 0 radical (unpaired) electrons. The fraction of sp³-hybridized carbons (Fsp3) is 0.267. The molecule has 7 heteroatoms. The molecule has 0 bridgehead atoms. The Morgan fingerprint density at radius 1 is 1.32 bits per heavy atom. The number of nitrogens with zero attached hydrogens (tertiary/aromatic N) is 3. The van der Waals surface area contributed by atoms with Gasteiger partial charge in [-0.1, -0.05) is 23.7 Å². The summed E-state index contributed by atoms with van der Waals surface area (Å²) >= 11 is 6.05. The summed E-state index contributed by atoms with van der Waals surface area (Å²) in [5, 5.41) is 0.488. The number of anilines is 1. The summed E-state index contributed by atoms with van der Waals surface area (Å²) in [6.07, 6.45) is 0. The zero-order valence-electron chi connectivity index (χ0n) is 12.6. The first-order valence-corrected chi connectivity index (χ1v) is 7.00. The highest BCUT2D eigenvalue weighted by atomic mass is 35.5. The Labute approximate surface area is 133 Å². The number of halogens is 1. The number of ether oxygens (including phenoxy) is 1. The number of carbonyl (C=O) groups is 1. The van der Waals surface area contributed by atoms with Gasteiger partial charge in [0.2, 0.25) is 5.95 Å². The second-order valence-corrected chi connectivity index (χ2v) is 5.31. The predicted molar refractivity (Wildman–Crippen MR) is 85.0 cm³/mol. The lowest BCUT2D eigenvalue weighted by Gasteiger charge is -2.16. The lowest BCUT2D eigenvalue weighted by Crippen LogP contribution is -2.26. The van der Waals surface area contributed by atoms with Crippen LogP contribution in [0.5, 0.6) is 5.75 Å². The summed E-state index contributed by atoms with van der Waals surface area (Å²) in [6.45, 7) is 1.79. The minimum Gasteiger partial charge on any atom is -0.486 e. The average Bonchev–Trinajstić information content (AvgIpc) is 2.45. The van der Waals surface area contributed by atoms with Crippen molar-refractivity contribution in [1.29, 1.82) is 0 Å². The van der Waals surface area contributed by atoms with Gasteiger partial charge in [-0.15, -0.1) is 0 Å². The minimum atomic E-state index is -0.199. The van der Waals surface area contributed by atoms with Crippen LogP contribution in [0.4, 0.5) is 5.95 Å². The van der Waals surface area contributed by atoms with E-state index in [1.54, 1.807) is 33.2 Å². The number of nitrogens with two attached hydrogens (primary N) is 1. The van der Waals surface area contributed by atoms with Crippen LogP contribution < -0.4 is 10.5 Å².